The van der Waals surface area contributed by atoms with Gasteiger partial charge in [0.25, 0.3) is 5.69 Å². The summed E-state index contributed by atoms with van der Waals surface area (Å²) in [4.78, 5) is 12.6. The van der Waals surface area contributed by atoms with E-state index in [-0.39, 0.29) is 5.69 Å². The van der Waals surface area contributed by atoms with Crippen LogP contribution in [-0.4, -0.2) is 17.0 Å². The first-order valence-corrected chi connectivity index (χ1v) is 6.60. The van der Waals surface area contributed by atoms with Gasteiger partial charge in [-0.2, -0.15) is 0 Å². The van der Waals surface area contributed by atoms with Crippen LogP contribution in [0.4, 0.5) is 11.4 Å². The Morgan fingerprint density at radius 2 is 1.94 bits per heavy atom. The van der Waals surface area contributed by atoms with Crippen molar-refractivity contribution in [3.8, 4) is 0 Å². The minimum absolute atomic E-state index is 0.0427. The van der Waals surface area contributed by atoms with E-state index in [0.717, 1.165) is 18.5 Å². The number of nitro benzene ring substituents is 1. The van der Waals surface area contributed by atoms with Crippen LogP contribution < -0.4 is 4.90 Å². The van der Waals surface area contributed by atoms with Gasteiger partial charge in [-0.05, 0) is 39.2 Å². The number of nitro groups is 1. The zero-order valence-electron chi connectivity index (χ0n) is 10.6. The molecule has 2 atom stereocenters. The van der Waals surface area contributed by atoms with E-state index in [1.807, 2.05) is 0 Å². The number of non-ortho nitro benzene ring substituents is 1. The maximum Gasteiger partial charge on any atom is 0.271 e. The van der Waals surface area contributed by atoms with E-state index in [1.54, 1.807) is 6.07 Å². The lowest BCUT2D eigenvalue weighted by molar-refractivity contribution is -0.384. The number of hydrogen-bond donors (Lipinski definition) is 0. The predicted octanol–water partition coefficient (Wildman–Crippen LogP) is 4.02. The summed E-state index contributed by atoms with van der Waals surface area (Å²) < 4.78 is 0. The van der Waals surface area contributed by atoms with Crippen molar-refractivity contribution in [3.63, 3.8) is 0 Å². The monoisotopic (exact) mass is 268 g/mol. The van der Waals surface area contributed by atoms with Crippen LogP contribution in [0.2, 0.25) is 5.02 Å². The fourth-order valence-corrected chi connectivity index (χ4v) is 2.99. The maximum atomic E-state index is 10.7. The zero-order chi connectivity index (χ0) is 13.3. The molecule has 0 aliphatic carbocycles. The first kappa shape index (κ1) is 13.1. The van der Waals surface area contributed by atoms with Crippen molar-refractivity contribution in [1.82, 2.24) is 0 Å². The summed E-state index contributed by atoms with van der Waals surface area (Å²) in [6.45, 7) is 4.35. The molecule has 0 saturated carbocycles. The molecule has 0 aromatic heterocycles. The molecular weight excluding hydrogens is 252 g/mol. The fourth-order valence-electron chi connectivity index (χ4n) is 2.71. The van der Waals surface area contributed by atoms with Gasteiger partial charge in [0, 0.05) is 24.2 Å². The highest BCUT2D eigenvalue weighted by Crippen LogP contribution is 2.35. The SMILES string of the molecule is C[C@@H]1CCC[C@@H](C)N1c1ccc([N+](=O)[O-])cc1Cl. The number of hydrogen-bond acceptors (Lipinski definition) is 3. The standard InChI is InChI=1S/C13H17ClN2O2/c1-9-4-3-5-10(2)15(9)13-7-6-11(16(17)18)8-12(13)14/h6-10H,3-5H2,1-2H3/t9-,10-/m1/s1. The Labute approximate surface area is 112 Å². The predicted molar refractivity (Wildman–Crippen MR) is 73.4 cm³/mol. The van der Waals surface area contributed by atoms with Crippen LogP contribution in [0.3, 0.4) is 0 Å². The largest absolute Gasteiger partial charge is 0.365 e. The summed E-state index contributed by atoms with van der Waals surface area (Å²) in [5.74, 6) is 0. The maximum absolute atomic E-state index is 10.7. The molecule has 0 radical (unpaired) electrons. The number of halogens is 1. The Balaban J connectivity index is 2.35. The van der Waals surface area contributed by atoms with Crippen molar-refractivity contribution in [1.29, 1.82) is 0 Å². The second-order valence-electron chi connectivity index (χ2n) is 4.93. The van der Waals surface area contributed by atoms with Gasteiger partial charge in [-0.25, -0.2) is 0 Å². The van der Waals surface area contributed by atoms with Crippen molar-refractivity contribution in [2.45, 2.75) is 45.2 Å². The molecule has 4 nitrogen and oxygen atoms in total. The molecule has 1 aromatic carbocycles. The molecule has 0 bridgehead atoms. The molecule has 1 aliphatic heterocycles. The molecule has 1 aromatic rings. The topological polar surface area (TPSA) is 46.4 Å². The summed E-state index contributed by atoms with van der Waals surface area (Å²) in [6, 6.07) is 5.57. The Morgan fingerprint density at radius 1 is 1.33 bits per heavy atom. The van der Waals surface area contributed by atoms with Crippen LogP contribution in [0.5, 0.6) is 0 Å². The lowest BCUT2D eigenvalue weighted by Crippen LogP contribution is -2.43. The van der Waals surface area contributed by atoms with Gasteiger partial charge in [-0.15, -0.1) is 0 Å². The van der Waals surface area contributed by atoms with Crippen LogP contribution in [0.25, 0.3) is 0 Å². The highest BCUT2D eigenvalue weighted by Gasteiger charge is 2.27. The third-order valence-corrected chi connectivity index (χ3v) is 3.92. The number of nitrogens with zero attached hydrogens (tertiary/aromatic N) is 2. The smallest absolute Gasteiger partial charge is 0.271 e. The van der Waals surface area contributed by atoms with Crippen molar-refractivity contribution in [3.05, 3.63) is 33.3 Å². The summed E-state index contributed by atoms with van der Waals surface area (Å²) in [6.07, 6.45) is 3.50. The van der Waals surface area contributed by atoms with Crippen LogP contribution in [0.1, 0.15) is 33.1 Å². The van der Waals surface area contributed by atoms with Crippen LogP contribution in [0, 0.1) is 10.1 Å². The van der Waals surface area contributed by atoms with E-state index in [0.29, 0.717) is 17.1 Å². The van der Waals surface area contributed by atoms with E-state index in [4.69, 9.17) is 11.6 Å². The van der Waals surface area contributed by atoms with E-state index in [2.05, 4.69) is 18.7 Å². The van der Waals surface area contributed by atoms with E-state index in [9.17, 15) is 10.1 Å². The molecule has 0 amide bonds. The summed E-state index contributed by atoms with van der Waals surface area (Å²) >= 11 is 6.19. The average Bonchev–Trinajstić information content (AvgIpc) is 2.30. The normalized spacial score (nSPS) is 24.1. The summed E-state index contributed by atoms with van der Waals surface area (Å²) in [5, 5.41) is 11.2. The van der Waals surface area contributed by atoms with Crippen molar-refractivity contribution >= 4 is 23.0 Å². The molecule has 98 valence electrons. The Bertz CT molecular complexity index is 454. The van der Waals surface area contributed by atoms with Gasteiger partial charge in [0.2, 0.25) is 0 Å². The van der Waals surface area contributed by atoms with Crippen LogP contribution >= 0.6 is 11.6 Å². The minimum Gasteiger partial charge on any atom is -0.365 e. The Kier molecular flexibility index (Phi) is 3.76. The van der Waals surface area contributed by atoms with Gasteiger partial charge >= 0.3 is 0 Å². The molecule has 18 heavy (non-hydrogen) atoms. The van der Waals surface area contributed by atoms with E-state index < -0.39 is 4.92 Å². The molecule has 0 spiro atoms. The molecule has 2 rings (SSSR count). The molecule has 1 fully saturated rings. The second-order valence-corrected chi connectivity index (χ2v) is 5.34. The lowest BCUT2D eigenvalue weighted by atomic mass is 9.96. The number of rotatable bonds is 2. The van der Waals surface area contributed by atoms with Gasteiger partial charge in [0.1, 0.15) is 0 Å². The molecule has 0 unspecified atom stereocenters. The lowest BCUT2D eigenvalue weighted by Gasteiger charge is -2.41. The molecule has 1 heterocycles. The second kappa shape index (κ2) is 5.14. The highest BCUT2D eigenvalue weighted by atomic mass is 35.5. The first-order chi connectivity index (χ1) is 8.50. The Morgan fingerprint density at radius 3 is 2.44 bits per heavy atom. The summed E-state index contributed by atoms with van der Waals surface area (Å²) in [5.41, 5.74) is 0.947. The number of piperidine rings is 1. The van der Waals surface area contributed by atoms with Crippen molar-refractivity contribution in [2.75, 3.05) is 4.90 Å². The van der Waals surface area contributed by atoms with E-state index >= 15 is 0 Å². The third kappa shape index (κ3) is 2.43. The summed E-state index contributed by atoms with van der Waals surface area (Å²) in [7, 11) is 0. The number of benzene rings is 1. The minimum atomic E-state index is -0.418. The molecule has 1 aliphatic rings. The quantitative estimate of drug-likeness (QED) is 0.601. The van der Waals surface area contributed by atoms with Crippen molar-refractivity contribution in [2.24, 2.45) is 0 Å². The highest BCUT2D eigenvalue weighted by molar-refractivity contribution is 6.33. The van der Waals surface area contributed by atoms with Gasteiger partial charge in [-0.1, -0.05) is 11.6 Å². The Hall–Kier alpha value is -1.29. The van der Waals surface area contributed by atoms with Crippen LogP contribution in [-0.2, 0) is 0 Å². The van der Waals surface area contributed by atoms with Crippen molar-refractivity contribution < 1.29 is 4.92 Å². The molecule has 1 saturated heterocycles. The van der Waals surface area contributed by atoms with Gasteiger partial charge in [-0.3, -0.25) is 10.1 Å². The molecule has 0 N–H and O–H groups in total. The average molecular weight is 269 g/mol. The zero-order valence-corrected chi connectivity index (χ0v) is 11.4. The van der Waals surface area contributed by atoms with Gasteiger partial charge < -0.3 is 4.90 Å². The third-order valence-electron chi connectivity index (χ3n) is 3.61. The van der Waals surface area contributed by atoms with E-state index in [1.165, 1.54) is 18.6 Å². The van der Waals surface area contributed by atoms with Gasteiger partial charge in [0.15, 0.2) is 0 Å². The fraction of sp³-hybridized carbons (Fsp3) is 0.538. The first-order valence-electron chi connectivity index (χ1n) is 6.23. The molecule has 5 heteroatoms. The van der Waals surface area contributed by atoms with Crippen LogP contribution in [0.15, 0.2) is 18.2 Å². The van der Waals surface area contributed by atoms with Gasteiger partial charge in [0.05, 0.1) is 15.6 Å². The molecular formula is C13H17ClN2O2. The number of anilines is 1.